The Morgan fingerprint density at radius 3 is 2.53 bits per heavy atom. The number of hydrogen-bond acceptors (Lipinski definition) is 1. The van der Waals surface area contributed by atoms with Crippen LogP contribution in [-0.2, 0) is 0 Å². The lowest BCUT2D eigenvalue weighted by Gasteiger charge is -2.00. The van der Waals surface area contributed by atoms with Gasteiger partial charge in [-0.1, -0.05) is 30.3 Å². The molecule has 0 N–H and O–H groups in total. The zero-order chi connectivity index (χ0) is 13.8. The summed E-state index contributed by atoms with van der Waals surface area (Å²) in [6.07, 6.45) is 2.92. The zero-order valence-electron chi connectivity index (χ0n) is 10.4. The first-order chi connectivity index (χ1) is 9.08. The lowest BCUT2D eigenvalue weighted by atomic mass is 10.1. The van der Waals surface area contributed by atoms with E-state index < -0.39 is 17.4 Å². The number of rotatable bonds is 3. The van der Waals surface area contributed by atoms with Crippen LogP contribution in [0.3, 0.4) is 0 Å². The average Bonchev–Trinajstić information content (AvgIpc) is 2.37. The lowest BCUT2D eigenvalue weighted by Crippen LogP contribution is -1.99. The fraction of sp³-hybridized carbons (Fsp3) is 0.0625. The molecule has 0 fully saturated rings. The minimum absolute atomic E-state index is 0.133. The summed E-state index contributed by atoms with van der Waals surface area (Å²) in [5, 5.41) is 0. The molecule has 2 aromatic carbocycles. The van der Waals surface area contributed by atoms with Gasteiger partial charge in [-0.05, 0) is 36.3 Å². The van der Waals surface area contributed by atoms with E-state index in [1.165, 1.54) is 6.08 Å². The second-order valence-electron chi connectivity index (χ2n) is 4.18. The fourth-order valence-corrected chi connectivity index (χ4v) is 1.72. The third kappa shape index (κ3) is 3.13. The number of aryl methyl sites for hydroxylation is 1. The zero-order valence-corrected chi connectivity index (χ0v) is 10.4. The van der Waals surface area contributed by atoms with Crippen LogP contribution in [0.4, 0.5) is 8.78 Å². The van der Waals surface area contributed by atoms with Gasteiger partial charge in [0.2, 0.25) is 0 Å². The highest BCUT2D eigenvalue weighted by Gasteiger charge is 2.09. The van der Waals surface area contributed by atoms with Gasteiger partial charge in [0.15, 0.2) is 5.78 Å². The second-order valence-corrected chi connectivity index (χ2v) is 4.18. The molecular formula is C16H12F2O. The quantitative estimate of drug-likeness (QED) is 0.596. The first-order valence-corrected chi connectivity index (χ1v) is 5.81. The molecular weight excluding hydrogens is 246 g/mol. The summed E-state index contributed by atoms with van der Waals surface area (Å²) in [6, 6.07) is 10.5. The Balaban J connectivity index is 2.24. The Morgan fingerprint density at radius 2 is 1.84 bits per heavy atom. The summed E-state index contributed by atoms with van der Waals surface area (Å²) in [4.78, 5) is 11.8. The van der Waals surface area contributed by atoms with Crippen molar-refractivity contribution in [2.24, 2.45) is 0 Å². The molecule has 19 heavy (non-hydrogen) atoms. The van der Waals surface area contributed by atoms with Gasteiger partial charge in [-0.3, -0.25) is 4.79 Å². The molecule has 0 aliphatic rings. The van der Waals surface area contributed by atoms with E-state index in [4.69, 9.17) is 0 Å². The van der Waals surface area contributed by atoms with E-state index in [2.05, 4.69) is 0 Å². The Hall–Kier alpha value is -2.29. The van der Waals surface area contributed by atoms with E-state index in [1.807, 2.05) is 31.2 Å². The van der Waals surface area contributed by atoms with Crippen molar-refractivity contribution in [2.45, 2.75) is 6.92 Å². The Labute approximate surface area is 110 Å². The molecule has 0 saturated heterocycles. The second kappa shape index (κ2) is 5.57. The topological polar surface area (TPSA) is 17.1 Å². The van der Waals surface area contributed by atoms with Crippen LogP contribution in [0.25, 0.3) is 6.08 Å². The third-order valence-electron chi connectivity index (χ3n) is 2.80. The Bertz CT molecular complexity index is 645. The van der Waals surface area contributed by atoms with Gasteiger partial charge in [-0.2, -0.15) is 0 Å². The van der Waals surface area contributed by atoms with Crippen molar-refractivity contribution in [1.29, 1.82) is 0 Å². The van der Waals surface area contributed by atoms with E-state index >= 15 is 0 Å². The lowest BCUT2D eigenvalue weighted by molar-refractivity contribution is 0.104. The first kappa shape index (κ1) is 13.1. The summed E-state index contributed by atoms with van der Waals surface area (Å²) >= 11 is 0. The summed E-state index contributed by atoms with van der Waals surface area (Å²) < 4.78 is 26.2. The van der Waals surface area contributed by atoms with E-state index in [1.54, 1.807) is 6.08 Å². The van der Waals surface area contributed by atoms with E-state index in [0.717, 1.165) is 23.3 Å². The molecule has 0 saturated carbocycles. The van der Waals surface area contributed by atoms with E-state index in [-0.39, 0.29) is 5.56 Å². The van der Waals surface area contributed by atoms with Gasteiger partial charge in [0, 0.05) is 6.07 Å². The van der Waals surface area contributed by atoms with E-state index in [0.29, 0.717) is 6.07 Å². The standard InChI is InChI=1S/C16H12F2O/c1-11-4-2-3-5-12(11)6-9-16(19)14-8-7-13(17)10-15(14)18/h2-10H,1H3/b9-6+. The smallest absolute Gasteiger partial charge is 0.188 e. The highest BCUT2D eigenvalue weighted by Crippen LogP contribution is 2.13. The molecule has 0 spiro atoms. The molecule has 2 aromatic rings. The third-order valence-corrected chi connectivity index (χ3v) is 2.80. The van der Waals surface area contributed by atoms with Crippen LogP contribution in [0.1, 0.15) is 21.5 Å². The number of carbonyl (C=O) groups is 1. The first-order valence-electron chi connectivity index (χ1n) is 5.81. The number of ketones is 1. The minimum atomic E-state index is -0.848. The summed E-state index contributed by atoms with van der Waals surface area (Å²) in [7, 11) is 0. The molecule has 0 bridgehead atoms. The highest BCUT2D eigenvalue weighted by molar-refractivity contribution is 6.07. The maximum absolute atomic E-state index is 13.4. The number of hydrogen-bond donors (Lipinski definition) is 0. The van der Waals surface area contributed by atoms with Crippen LogP contribution in [0.5, 0.6) is 0 Å². The van der Waals surface area contributed by atoms with Crippen molar-refractivity contribution >= 4 is 11.9 Å². The number of carbonyl (C=O) groups excluding carboxylic acids is 1. The largest absolute Gasteiger partial charge is 0.289 e. The number of halogens is 2. The molecule has 1 nitrogen and oxygen atoms in total. The van der Waals surface area contributed by atoms with Crippen LogP contribution in [0, 0.1) is 18.6 Å². The van der Waals surface area contributed by atoms with Gasteiger partial charge in [-0.15, -0.1) is 0 Å². The molecule has 0 aliphatic heterocycles. The van der Waals surface area contributed by atoms with Gasteiger partial charge >= 0.3 is 0 Å². The van der Waals surface area contributed by atoms with Crippen LogP contribution in [0.2, 0.25) is 0 Å². The van der Waals surface area contributed by atoms with Crippen LogP contribution in [-0.4, -0.2) is 5.78 Å². The molecule has 96 valence electrons. The predicted octanol–water partition coefficient (Wildman–Crippen LogP) is 4.17. The Morgan fingerprint density at radius 1 is 1.11 bits per heavy atom. The minimum Gasteiger partial charge on any atom is -0.289 e. The normalized spacial score (nSPS) is 10.9. The monoisotopic (exact) mass is 258 g/mol. The van der Waals surface area contributed by atoms with Gasteiger partial charge in [0.1, 0.15) is 11.6 Å². The summed E-state index contributed by atoms with van der Waals surface area (Å²) in [6.45, 7) is 1.92. The molecule has 0 heterocycles. The number of benzene rings is 2. The van der Waals surface area contributed by atoms with Crippen LogP contribution in [0.15, 0.2) is 48.5 Å². The molecule has 0 aliphatic carbocycles. The molecule has 0 aromatic heterocycles. The molecule has 2 rings (SSSR count). The van der Waals surface area contributed by atoms with Crippen LogP contribution < -0.4 is 0 Å². The van der Waals surface area contributed by atoms with Gasteiger partial charge in [0.05, 0.1) is 5.56 Å². The summed E-state index contributed by atoms with van der Waals surface area (Å²) in [5.74, 6) is -2.03. The van der Waals surface area contributed by atoms with Gasteiger partial charge in [-0.25, -0.2) is 8.78 Å². The molecule has 0 radical (unpaired) electrons. The van der Waals surface area contributed by atoms with Crippen molar-refractivity contribution < 1.29 is 13.6 Å². The van der Waals surface area contributed by atoms with Crippen molar-refractivity contribution in [2.75, 3.05) is 0 Å². The fourth-order valence-electron chi connectivity index (χ4n) is 1.72. The van der Waals surface area contributed by atoms with Gasteiger partial charge in [0.25, 0.3) is 0 Å². The number of allylic oxidation sites excluding steroid dienone is 1. The van der Waals surface area contributed by atoms with Gasteiger partial charge < -0.3 is 0 Å². The van der Waals surface area contributed by atoms with Crippen LogP contribution >= 0.6 is 0 Å². The average molecular weight is 258 g/mol. The maximum Gasteiger partial charge on any atom is 0.188 e. The Kier molecular flexibility index (Phi) is 3.85. The molecule has 3 heteroatoms. The summed E-state index contributed by atoms with van der Waals surface area (Å²) in [5.41, 5.74) is 1.77. The predicted molar refractivity (Wildman–Crippen MR) is 70.9 cm³/mol. The molecule has 0 atom stereocenters. The van der Waals surface area contributed by atoms with Crippen molar-refractivity contribution in [3.63, 3.8) is 0 Å². The SMILES string of the molecule is Cc1ccccc1/C=C/C(=O)c1ccc(F)cc1F. The van der Waals surface area contributed by atoms with E-state index in [9.17, 15) is 13.6 Å². The highest BCUT2D eigenvalue weighted by atomic mass is 19.1. The van der Waals surface area contributed by atoms with Crippen molar-refractivity contribution in [3.8, 4) is 0 Å². The van der Waals surface area contributed by atoms with Crippen molar-refractivity contribution in [3.05, 3.63) is 76.9 Å². The molecule has 0 unspecified atom stereocenters. The molecule has 0 amide bonds. The maximum atomic E-state index is 13.4. The van der Waals surface area contributed by atoms with Crippen molar-refractivity contribution in [1.82, 2.24) is 0 Å².